The first kappa shape index (κ1) is 13.8. The summed E-state index contributed by atoms with van der Waals surface area (Å²) < 4.78 is 0. The van der Waals surface area contributed by atoms with Crippen LogP contribution in [0.25, 0.3) is 0 Å². The Balaban J connectivity index is 1.44. The summed E-state index contributed by atoms with van der Waals surface area (Å²) in [4.78, 5) is 5.59. The van der Waals surface area contributed by atoms with Crippen LogP contribution in [0.3, 0.4) is 0 Å². The van der Waals surface area contributed by atoms with E-state index in [1.54, 1.807) is 0 Å². The smallest absolute Gasteiger partial charge is 0.0238 e. The first-order valence-corrected chi connectivity index (χ1v) is 8.42. The number of hydrogen-bond acceptors (Lipinski definition) is 3. The fourth-order valence-corrected chi connectivity index (χ4v) is 4.16. The highest BCUT2D eigenvalue weighted by atomic mass is 15.3. The van der Waals surface area contributed by atoms with Crippen LogP contribution in [-0.2, 0) is 0 Å². The van der Waals surface area contributed by atoms with Crippen molar-refractivity contribution < 1.29 is 0 Å². The maximum atomic E-state index is 3.29. The summed E-state index contributed by atoms with van der Waals surface area (Å²) in [6, 6.07) is 2.65. The molecular formula is C16H31N3. The molecule has 2 aliphatic heterocycles. The highest BCUT2D eigenvalue weighted by molar-refractivity contribution is 4.97. The lowest BCUT2D eigenvalue weighted by Gasteiger charge is -2.36. The molecule has 0 spiro atoms. The molecule has 3 heteroatoms. The van der Waals surface area contributed by atoms with Gasteiger partial charge in [0.1, 0.15) is 0 Å². The van der Waals surface area contributed by atoms with Crippen LogP contribution in [0.5, 0.6) is 0 Å². The summed E-state index contributed by atoms with van der Waals surface area (Å²) in [6.45, 7) is 7.69. The summed E-state index contributed by atoms with van der Waals surface area (Å²) in [6.07, 6.45) is 8.57. The maximum absolute atomic E-state index is 3.29. The van der Waals surface area contributed by atoms with Crippen LogP contribution >= 0.6 is 0 Å². The van der Waals surface area contributed by atoms with Gasteiger partial charge in [-0.3, -0.25) is 9.80 Å². The van der Waals surface area contributed by atoms with Gasteiger partial charge in [-0.05, 0) is 78.0 Å². The second-order valence-corrected chi connectivity index (χ2v) is 7.04. The van der Waals surface area contributed by atoms with Gasteiger partial charge in [-0.15, -0.1) is 0 Å². The van der Waals surface area contributed by atoms with Crippen LogP contribution < -0.4 is 5.32 Å². The van der Waals surface area contributed by atoms with E-state index in [2.05, 4.69) is 29.1 Å². The maximum Gasteiger partial charge on any atom is 0.0238 e. The van der Waals surface area contributed by atoms with Gasteiger partial charge >= 0.3 is 0 Å². The molecule has 3 fully saturated rings. The van der Waals surface area contributed by atoms with Gasteiger partial charge in [0.15, 0.2) is 0 Å². The second-order valence-electron chi connectivity index (χ2n) is 7.04. The molecule has 3 aliphatic rings. The third-order valence-electron chi connectivity index (χ3n) is 5.58. The van der Waals surface area contributed by atoms with E-state index in [1.165, 1.54) is 64.7 Å². The predicted octanol–water partition coefficient (Wildman–Crippen LogP) is 1.93. The normalized spacial score (nSPS) is 35.1. The average Bonchev–Trinajstić information content (AvgIpc) is 3.20. The molecule has 0 radical (unpaired) electrons. The Labute approximate surface area is 118 Å². The Morgan fingerprint density at radius 2 is 1.79 bits per heavy atom. The van der Waals surface area contributed by atoms with Crippen LogP contribution in [0, 0.1) is 5.92 Å². The first-order valence-electron chi connectivity index (χ1n) is 8.42. The molecule has 0 aromatic carbocycles. The summed E-state index contributed by atoms with van der Waals surface area (Å²) >= 11 is 0. The molecule has 2 unspecified atom stereocenters. The largest absolute Gasteiger partial charge is 0.320 e. The van der Waals surface area contributed by atoms with Gasteiger partial charge in [0.05, 0.1) is 0 Å². The molecule has 3 rings (SSSR count). The molecule has 0 bridgehead atoms. The zero-order valence-corrected chi connectivity index (χ0v) is 12.8. The van der Waals surface area contributed by atoms with Gasteiger partial charge in [0.25, 0.3) is 0 Å². The molecule has 2 heterocycles. The van der Waals surface area contributed by atoms with E-state index in [9.17, 15) is 0 Å². The number of rotatable bonds is 5. The van der Waals surface area contributed by atoms with E-state index in [-0.39, 0.29) is 0 Å². The van der Waals surface area contributed by atoms with Gasteiger partial charge in [0.2, 0.25) is 0 Å². The van der Waals surface area contributed by atoms with Crippen molar-refractivity contribution in [3.63, 3.8) is 0 Å². The molecule has 2 atom stereocenters. The Morgan fingerprint density at radius 3 is 2.42 bits per heavy atom. The average molecular weight is 265 g/mol. The van der Waals surface area contributed by atoms with E-state index >= 15 is 0 Å². The van der Waals surface area contributed by atoms with Crippen molar-refractivity contribution in [3.05, 3.63) is 0 Å². The molecule has 0 aromatic heterocycles. The molecular weight excluding hydrogens is 234 g/mol. The molecule has 0 amide bonds. The highest BCUT2D eigenvalue weighted by Gasteiger charge is 2.40. The molecule has 19 heavy (non-hydrogen) atoms. The molecule has 2 saturated heterocycles. The van der Waals surface area contributed by atoms with Crippen LogP contribution in [-0.4, -0.2) is 61.2 Å². The minimum Gasteiger partial charge on any atom is -0.320 e. The Kier molecular flexibility index (Phi) is 4.45. The van der Waals surface area contributed by atoms with E-state index in [0.29, 0.717) is 0 Å². The van der Waals surface area contributed by atoms with Gasteiger partial charge in [-0.2, -0.15) is 0 Å². The van der Waals surface area contributed by atoms with E-state index in [4.69, 9.17) is 0 Å². The molecule has 1 saturated carbocycles. The van der Waals surface area contributed by atoms with Crippen LogP contribution in [0.4, 0.5) is 0 Å². The van der Waals surface area contributed by atoms with Crippen LogP contribution in [0.2, 0.25) is 0 Å². The minimum atomic E-state index is 0.833. The van der Waals surface area contributed by atoms with Gasteiger partial charge in [-0.1, -0.05) is 0 Å². The molecule has 1 aliphatic carbocycles. The molecule has 1 N–H and O–H groups in total. The lowest BCUT2D eigenvalue weighted by Crippen LogP contribution is -2.43. The zero-order chi connectivity index (χ0) is 13.2. The molecule has 0 aromatic rings. The standard InChI is InChI=1S/C16H31N3/c1-13-11-16(12-19(13)15-3-4-15)18-9-6-14(7-10-18)5-8-17-2/h13-17H,3-12H2,1-2H3. The quantitative estimate of drug-likeness (QED) is 0.819. The minimum absolute atomic E-state index is 0.833. The first-order chi connectivity index (χ1) is 9.28. The van der Waals surface area contributed by atoms with Crippen molar-refractivity contribution in [1.29, 1.82) is 0 Å². The fourth-order valence-electron chi connectivity index (χ4n) is 4.16. The lowest BCUT2D eigenvalue weighted by molar-refractivity contribution is 0.129. The van der Waals surface area contributed by atoms with Crippen molar-refractivity contribution in [3.8, 4) is 0 Å². The van der Waals surface area contributed by atoms with Crippen LogP contribution in [0.1, 0.15) is 45.4 Å². The van der Waals surface area contributed by atoms with Gasteiger partial charge < -0.3 is 5.32 Å². The van der Waals surface area contributed by atoms with E-state index in [1.807, 2.05) is 0 Å². The van der Waals surface area contributed by atoms with Gasteiger partial charge in [-0.25, -0.2) is 0 Å². The molecule has 3 nitrogen and oxygen atoms in total. The number of nitrogens with one attached hydrogen (secondary N) is 1. The summed E-state index contributed by atoms with van der Waals surface area (Å²) in [5, 5.41) is 3.29. The topological polar surface area (TPSA) is 18.5 Å². The second kappa shape index (κ2) is 6.11. The third kappa shape index (κ3) is 3.32. The lowest BCUT2D eigenvalue weighted by atomic mass is 9.92. The number of likely N-dealkylation sites (tertiary alicyclic amines) is 2. The van der Waals surface area contributed by atoms with E-state index < -0.39 is 0 Å². The van der Waals surface area contributed by atoms with Crippen molar-refractivity contribution in [1.82, 2.24) is 15.1 Å². The summed E-state index contributed by atoms with van der Waals surface area (Å²) in [5.41, 5.74) is 0. The Morgan fingerprint density at radius 1 is 1.05 bits per heavy atom. The number of hydrogen-bond donors (Lipinski definition) is 1. The van der Waals surface area contributed by atoms with Gasteiger partial charge in [0, 0.05) is 24.7 Å². The number of nitrogens with zero attached hydrogens (tertiary/aromatic N) is 2. The monoisotopic (exact) mass is 265 g/mol. The third-order valence-corrected chi connectivity index (χ3v) is 5.58. The predicted molar refractivity (Wildman–Crippen MR) is 80.4 cm³/mol. The van der Waals surface area contributed by atoms with Crippen molar-refractivity contribution in [2.45, 2.75) is 63.6 Å². The molecule has 110 valence electrons. The SMILES string of the molecule is CNCCC1CCN(C2CC(C)N(C3CC3)C2)CC1. The summed E-state index contributed by atoms with van der Waals surface area (Å²) in [5.74, 6) is 0.974. The fraction of sp³-hybridized carbons (Fsp3) is 1.00. The Bertz CT molecular complexity index is 282. The zero-order valence-electron chi connectivity index (χ0n) is 12.8. The van der Waals surface area contributed by atoms with E-state index in [0.717, 1.165) is 24.0 Å². The summed E-state index contributed by atoms with van der Waals surface area (Å²) in [7, 11) is 2.07. The van der Waals surface area contributed by atoms with Crippen molar-refractivity contribution in [2.24, 2.45) is 5.92 Å². The van der Waals surface area contributed by atoms with Crippen molar-refractivity contribution >= 4 is 0 Å². The van der Waals surface area contributed by atoms with Crippen molar-refractivity contribution in [2.75, 3.05) is 33.2 Å². The number of piperidine rings is 1. The Hall–Kier alpha value is -0.120. The van der Waals surface area contributed by atoms with Crippen LogP contribution in [0.15, 0.2) is 0 Å². The highest BCUT2D eigenvalue weighted by Crippen LogP contribution is 2.35.